The topological polar surface area (TPSA) is 37.3 Å². The number of thioether (sulfide) groups is 2. The first kappa shape index (κ1) is 20.0. The summed E-state index contributed by atoms with van der Waals surface area (Å²) in [6, 6.07) is 0. The number of fused-ring (bicyclic) bond motifs is 5. The van der Waals surface area contributed by atoms with Crippen LogP contribution in [-0.4, -0.2) is 33.1 Å². The van der Waals surface area contributed by atoms with Gasteiger partial charge in [-0.25, -0.2) is 0 Å². The molecule has 4 heteroatoms. The second-order valence-corrected chi connectivity index (χ2v) is 13.4. The maximum Gasteiger partial charge on any atom is 0.155 e. The summed E-state index contributed by atoms with van der Waals surface area (Å²) in [4.78, 5) is 12.0. The van der Waals surface area contributed by atoms with Crippen LogP contribution in [0, 0.1) is 34.5 Å². The molecule has 28 heavy (non-hydrogen) atoms. The molecule has 4 fully saturated rings. The van der Waals surface area contributed by atoms with Crippen molar-refractivity contribution >= 4 is 29.3 Å². The molecule has 0 aromatic carbocycles. The first-order valence-electron chi connectivity index (χ1n) is 11.6. The van der Waals surface area contributed by atoms with E-state index >= 15 is 0 Å². The second kappa shape index (κ2) is 7.34. The largest absolute Gasteiger partial charge is 0.391 e. The zero-order valence-corrected chi connectivity index (χ0v) is 19.1. The van der Waals surface area contributed by atoms with Gasteiger partial charge >= 0.3 is 0 Å². The van der Waals surface area contributed by atoms with Crippen molar-refractivity contribution in [3.05, 3.63) is 11.6 Å². The van der Waals surface area contributed by atoms with Crippen LogP contribution in [0.25, 0.3) is 0 Å². The Morgan fingerprint density at radius 2 is 1.82 bits per heavy atom. The molecule has 0 radical (unpaired) electrons. The standard InChI is InChI=1S/C24H36O2S2/c1-23-10-8-16(25)14-15(23)4-5-17-18-6-7-20(24(18,2)11-9-19(17)23)21(26)22-27-12-3-13-28-22/h14,17-22,26H,3-13H2,1-2H3. The lowest BCUT2D eigenvalue weighted by Crippen LogP contribution is -2.52. The molecule has 5 aliphatic rings. The molecule has 5 rings (SSSR count). The Bertz CT molecular complexity index is 670. The number of hydrogen-bond donors (Lipinski definition) is 1. The third-order valence-electron chi connectivity index (χ3n) is 9.58. The molecule has 2 nitrogen and oxygen atoms in total. The van der Waals surface area contributed by atoms with Crippen molar-refractivity contribution in [1.82, 2.24) is 0 Å². The average Bonchev–Trinajstić information content (AvgIpc) is 3.06. The monoisotopic (exact) mass is 420 g/mol. The van der Waals surface area contributed by atoms with Gasteiger partial charge in [0.05, 0.1) is 10.7 Å². The van der Waals surface area contributed by atoms with Gasteiger partial charge in [0.15, 0.2) is 5.78 Å². The van der Waals surface area contributed by atoms with Crippen molar-refractivity contribution in [1.29, 1.82) is 0 Å². The molecular weight excluding hydrogens is 384 g/mol. The fourth-order valence-corrected chi connectivity index (χ4v) is 11.1. The minimum atomic E-state index is -0.135. The molecule has 0 spiro atoms. The van der Waals surface area contributed by atoms with E-state index in [0.717, 1.165) is 37.0 Å². The zero-order chi connectivity index (χ0) is 19.5. The minimum absolute atomic E-state index is 0.135. The van der Waals surface area contributed by atoms with Crippen LogP contribution < -0.4 is 0 Å². The summed E-state index contributed by atoms with van der Waals surface area (Å²) in [6.45, 7) is 5.01. The van der Waals surface area contributed by atoms with Crippen molar-refractivity contribution in [3.8, 4) is 0 Å². The highest BCUT2D eigenvalue weighted by atomic mass is 32.2. The number of carbonyl (C=O) groups is 1. The van der Waals surface area contributed by atoms with E-state index in [4.69, 9.17) is 0 Å². The highest BCUT2D eigenvalue weighted by molar-refractivity contribution is 8.17. The van der Waals surface area contributed by atoms with Crippen molar-refractivity contribution < 1.29 is 9.90 Å². The molecule has 7 unspecified atom stereocenters. The molecule has 4 aliphatic carbocycles. The van der Waals surface area contributed by atoms with Crippen molar-refractivity contribution in [2.24, 2.45) is 34.5 Å². The number of hydrogen-bond acceptors (Lipinski definition) is 4. The number of carbonyl (C=O) groups excluding carboxylic acids is 1. The Labute approximate surface area is 179 Å². The number of rotatable bonds is 2. The predicted octanol–water partition coefficient (Wildman–Crippen LogP) is 5.69. The van der Waals surface area contributed by atoms with E-state index in [9.17, 15) is 9.90 Å². The first-order chi connectivity index (χ1) is 13.4. The predicted molar refractivity (Wildman–Crippen MR) is 120 cm³/mol. The summed E-state index contributed by atoms with van der Waals surface area (Å²) in [6.07, 6.45) is 12.5. The molecule has 1 aliphatic heterocycles. The van der Waals surface area contributed by atoms with Crippen LogP contribution in [0.2, 0.25) is 0 Å². The molecule has 1 saturated heterocycles. The molecule has 0 aromatic rings. The van der Waals surface area contributed by atoms with Gasteiger partial charge < -0.3 is 5.11 Å². The highest BCUT2D eigenvalue weighted by Gasteiger charge is 2.60. The van der Waals surface area contributed by atoms with Crippen molar-refractivity contribution in [3.63, 3.8) is 0 Å². The summed E-state index contributed by atoms with van der Waals surface area (Å²) >= 11 is 4.01. The van der Waals surface area contributed by atoms with Gasteiger partial charge in [-0.15, -0.1) is 23.5 Å². The van der Waals surface area contributed by atoms with Crippen molar-refractivity contribution in [2.75, 3.05) is 11.5 Å². The Hall–Kier alpha value is 0.0700. The van der Waals surface area contributed by atoms with E-state index in [1.165, 1.54) is 55.6 Å². The van der Waals surface area contributed by atoms with Gasteiger partial charge in [-0.1, -0.05) is 19.4 Å². The van der Waals surface area contributed by atoms with Gasteiger partial charge in [0.25, 0.3) is 0 Å². The molecule has 3 saturated carbocycles. The zero-order valence-electron chi connectivity index (χ0n) is 17.5. The van der Waals surface area contributed by atoms with Gasteiger partial charge in [0, 0.05) is 6.42 Å². The lowest BCUT2D eigenvalue weighted by Gasteiger charge is -2.58. The van der Waals surface area contributed by atoms with Gasteiger partial charge in [-0.05, 0) is 103 Å². The lowest BCUT2D eigenvalue weighted by molar-refractivity contribution is -0.118. The van der Waals surface area contributed by atoms with Gasteiger partial charge in [-0.3, -0.25) is 4.79 Å². The average molecular weight is 421 g/mol. The number of ketones is 1. The summed E-state index contributed by atoms with van der Waals surface area (Å²) < 4.78 is 0.398. The molecule has 0 amide bonds. The fraction of sp³-hybridized carbons (Fsp3) is 0.875. The smallest absolute Gasteiger partial charge is 0.155 e. The van der Waals surface area contributed by atoms with Crippen LogP contribution in [0.4, 0.5) is 0 Å². The summed E-state index contributed by atoms with van der Waals surface area (Å²) in [7, 11) is 0. The fourth-order valence-electron chi connectivity index (χ4n) is 8.05. The molecular formula is C24H36O2S2. The van der Waals surface area contributed by atoms with E-state index < -0.39 is 0 Å². The highest BCUT2D eigenvalue weighted by Crippen LogP contribution is 2.67. The van der Waals surface area contributed by atoms with Gasteiger partial charge in [0.2, 0.25) is 0 Å². The van der Waals surface area contributed by atoms with E-state index in [0.29, 0.717) is 21.7 Å². The second-order valence-electron chi connectivity index (χ2n) is 10.7. The van der Waals surface area contributed by atoms with E-state index in [2.05, 4.69) is 13.8 Å². The van der Waals surface area contributed by atoms with E-state index in [1.54, 1.807) is 0 Å². The SMILES string of the molecule is CC12CCC(=O)C=C1CCC1C2CCC2(C)C(C(O)C3SCCCS3)CCC12. The van der Waals surface area contributed by atoms with Crippen LogP contribution in [-0.2, 0) is 4.79 Å². The van der Waals surface area contributed by atoms with E-state index in [-0.39, 0.29) is 11.5 Å². The Balaban J connectivity index is 1.38. The molecule has 1 heterocycles. The number of allylic oxidation sites excluding steroid dienone is 1. The summed E-state index contributed by atoms with van der Waals surface area (Å²) in [5, 5.41) is 11.4. The number of aliphatic hydroxyl groups is 1. The third kappa shape index (κ3) is 2.99. The Morgan fingerprint density at radius 1 is 1.04 bits per heavy atom. The van der Waals surface area contributed by atoms with Gasteiger partial charge in [-0.2, -0.15) is 0 Å². The molecule has 1 N–H and O–H groups in total. The van der Waals surface area contributed by atoms with Crippen molar-refractivity contribution in [2.45, 2.75) is 82.3 Å². The van der Waals surface area contributed by atoms with Crippen LogP contribution in [0.5, 0.6) is 0 Å². The maximum absolute atomic E-state index is 12.0. The lowest BCUT2D eigenvalue weighted by atomic mass is 9.46. The molecule has 0 aromatic heterocycles. The normalized spacial score (nSPS) is 47.7. The van der Waals surface area contributed by atoms with Crippen LogP contribution >= 0.6 is 23.5 Å². The van der Waals surface area contributed by atoms with E-state index in [1.807, 2.05) is 29.6 Å². The molecule has 156 valence electrons. The minimum Gasteiger partial charge on any atom is -0.391 e. The summed E-state index contributed by atoms with van der Waals surface area (Å²) in [5.41, 5.74) is 2.06. The molecule has 7 atom stereocenters. The van der Waals surface area contributed by atoms with Crippen LogP contribution in [0.3, 0.4) is 0 Å². The first-order valence-corrected chi connectivity index (χ1v) is 13.7. The molecule has 0 bridgehead atoms. The quantitative estimate of drug-likeness (QED) is 0.622. The third-order valence-corrected chi connectivity index (χ3v) is 12.7. The number of aliphatic hydroxyl groups excluding tert-OH is 1. The Kier molecular flexibility index (Phi) is 5.24. The van der Waals surface area contributed by atoms with Crippen LogP contribution in [0.15, 0.2) is 11.6 Å². The Morgan fingerprint density at radius 3 is 2.61 bits per heavy atom. The van der Waals surface area contributed by atoms with Crippen LogP contribution in [0.1, 0.15) is 71.6 Å². The summed E-state index contributed by atoms with van der Waals surface area (Å²) in [5.74, 6) is 5.63. The maximum atomic E-state index is 12.0. The van der Waals surface area contributed by atoms with Gasteiger partial charge in [0.1, 0.15) is 0 Å².